The molecule has 0 spiro atoms. The van der Waals surface area contributed by atoms with E-state index in [9.17, 15) is 8.42 Å². The highest BCUT2D eigenvalue weighted by molar-refractivity contribution is 7.89. The molecule has 1 atom stereocenters. The maximum absolute atomic E-state index is 11.5. The van der Waals surface area contributed by atoms with Crippen molar-refractivity contribution < 1.29 is 8.42 Å². The summed E-state index contributed by atoms with van der Waals surface area (Å²) in [5.41, 5.74) is 0.595. The van der Waals surface area contributed by atoms with Crippen LogP contribution in [0.25, 0.3) is 0 Å². The van der Waals surface area contributed by atoms with Crippen LogP contribution in [-0.4, -0.2) is 39.0 Å². The first kappa shape index (κ1) is 15.3. The van der Waals surface area contributed by atoms with Crippen molar-refractivity contribution in [1.29, 1.82) is 0 Å². The van der Waals surface area contributed by atoms with E-state index in [2.05, 4.69) is 24.1 Å². The SMILES string of the molecule is CC(C)N1CCC(CNc2ccccc2S(N)(=O)=O)C1. The van der Waals surface area contributed by atoms with Gasteiger partial charge in [-0.3, -0.25) is 0 Å². The van der Waals surface area contributed by atoms with Crippen molar-refractivity contribution in [1.82, 2.24) is 4.90 Å². The molecule has 1 heterocycles. The van der Waals surface area contributed by atoms with Crippen molar-refractivity contribution >= 4 is 15.7 Å². The third-order valence-corrected chi connectivity index (χ3v) is 4.79. The minimum Gasteiger partial charge on any atom is -0.384 e. The van der Waals surface area contributed by atoms with Gasteiger partial charge in [0.05, 0.1) is 5.69 Å². The summed E-state index contributed by atoms with van der Waals surface area (Å²) in [6.45, 7) is 7.34. The molecular weight excluding hydrogens is 274 g/mol. The van der Waals surface area contributed by atoms with Gasteiger partial charge in [-0.05, 0) is 44.9 Å². The molecule has 0 saturated carbocycles. The summed E-state index contributed by atoms with van der Waals surface area (Å²) in [4.78, 5) is 2.61. The smallest absolute Gasteiger partial charge is 0.240 e. The van der Waals surface area contributed by atoms with Crippen LogP contribution in [0.15, 0.2) is 29.2 Å². The Kier molecular flexibility index (Phi) is 4.67. The lowest BCUT2D eigenvalue weighted by Gasteiger charge is -2.20. The zero-order chi connectivity index (χ0) is 14.8. The van der Waals surface area contributed by atoms with Crippen molar-refractivity contribution in [3.05, 3.63) is 24.3 Å². The van der Waals surface area contributed by atoms with Crippen molar-refractivity contribution in [2.24, 2.45) is 11.1 Å². The second-order valence-corrected chi connectivity index (χ2v) is 7.20. The van der Waals surface area contributed by atoms with Crippen LogP contribution in [0.2, 0.25) is 0 Å². The number of nitrogens with two attached hydrogens (primary N) is 1. The largest absolute Gasteiger partial charge is 0.384 e. The molecule has 2 rings (SSSR count). The molecule has 1 aliphatic heterocycles. The quantitative estimate of drug-likeness (QED) is 0.863. The lowest BCUT2D eigenvalue weighted by molar-refractivity contribution is 0.266. The summed E-state index contributed by atoms with van der Waals surface area (Å²) >= 11 is 0. The van der Waals surface area contributed by atoms with Gasteiger partial charge in [-0.15, -0.1) is 0 Å². The number of sulfonamides is 1. The molecule has 1 fully saturated rings. The number of nitrogens with one attached hydrogen (secondary N) is 1. The van der Waals surface area contributed by atoms with E-state index in [1.165, 1.54) is 6.07 Å². The Labute approximate surface area is 121 Å². The number of anilines is 1. The van der Waals surface area contributed by atoms with Gasteiger partial charge in [-0.25, -0.2) is 13.6 Å². The minimum atomic E-state index is -3.68. The molecule has 0 bridgehead atoms. The van der Waals surface area contributed by atoms with Gasteiger partial charge in [-0.2, -0.15) is 0 Å². The van der Waals surface area contributed by atoms with Gasteiger partial charge in [-0.1, -0.05) is 12.1 Å². The molecule has 1 unspecified atom stereocenters. The predicted molar refractivity (Wildman–Crippen MR) is 81.1 cm³/mol. The van der Waals surface area contributed by atoms with E-state index in [-0.39, 0.29) is 4.90 Å². The number of primary sulfonamides is 1. The number of hydrogen-bond donors (Lipinski definition) is 2. The van der Waals surface area contributed by atoms with Gasteiger partial charge in [0.15, 0.2) is 0 Å². The van der Waals surface area contributed by atoms with Gasteiger partial charge in [0, 0.05) is 19.1 Å². The van der Waals surface area contributed by atoms with E-state index in [4.69, 9.17) is 5.14 Å². The second-order valence-electron chi connectivity index (χ2n) is 5.67. The van der Waals surface area contributed by atoms with Crippen LogP contribution >= 0.6 is 0 Å². The van der Waals surface area contributed by atoms with Gasteiger partial charge >= 0.3 is 0 Å². The second kappa shape index (κ2) is 6.11. The molecule has 3 N–H and O–H groups in total. The maximum Gasteiger partial charge on any atom is 0.240 e. The average molecular weight is 297 g/mol. The third kappa shape index (κ3) is 3.71. The molecule has 1 aliphatic rings. The Morgan fingerprint density at radius 3 is 2.70 bits per heavy atom. The summed E-state index contributed by atoms with van der Waals surface area (Å²) in [7, 11) is -3.68. The third-order valence-electron chi connectivity index (χ3n) is 3.82. The van der Waals surface area contributed by atoms with E-state index in [0.717, 1.165) is 26.1 Å². The number of likely N-dealkylation sites (tertiary alicyclic amines) is 1. The van der Waals surface area contributed by atoms with Crippen LogP contribution in [0.3, 0.4) is 0 Å². The van der Waals surface area contributed by atoms with Gasteiger partial charge in [0.1, 0.15) is 4.90 Å². The first-order chi connectivity index (χ1) is 9.38. The van der Waals surface area contributed by atoms with E-state index in [1.54, 1.807) is 12.1 Å². The van der Waals surface area contributed by atoms with Crippen LogP contribution in [0, 0.1) is 5.92 Å². The van der Waals surface area contributed by atoms with Crippen LogP contribution < -0.4 is 10.5 Å². The summed E-state index contributed by atoms with van der Waals surface area (Å²) in [5, 5.41) is 8.46. The molecule has 0 amide bonds. The molecule has 1 aromatic rings. The molecular formula is C14H23N3O2S. The molecule has 0 radical (unpaired) electrons. The van der Waals surface area contributed by atoms with E-state index in [0.29, 0.717) is 17.6 Å². The average Bonchev–Trinajstić information content (AvgIpc) is 2.84. The molecule has 0 aromatic heterocycles. The Bertz CT molecular complexity index is 557. The van der Waals surface area contributed by atoms with Gasteiger partial charge in [0.2, 0.25) is 10.0 Å². The Morgan fingerprint density at radius 2 is 2.10 bits per heavy atom. The Balaban J connectivity index is 1.99. The first-order valence-electron chi connectivity index (χ1n) is 6.97. The van der Waals surface area contributed by atoms with Crippen molar-refractivity contribution in [3.63, 3.8) is 0 Å². The van der Waals surface area contributed by atoms with Crippen LogP contribution in [-0.2, 0) is 10.0 Å². The normalized spacial score (nSPS) is 20.5. The molecule has 20 heavy (non-hydrogen) atoms. The highest BCUT2D eigenvalue weighted by Gasteiger charge is 2.24. The van der Waals surface area contributed by atoms with Gasteiger partial charge in [0.25, 0.3) is 0 Å². The minimum absolute atomic E-state index is 0.165. The van der Waals surface area contributed by atoms with Crippen LogP contribution in [0.4, 0.5) is 5.69 Å². The fourth-order valence-electron chi connectivity index (χ4n) is 2.61. The van der Waals surface area contributed by atoms with E-state index in [1.807, 2.05) is 6.07 Å². The Hall–Kier alpha value is -1.11. The molecule has 6 heteroatoms. The monoisotopic (exact) mass is 297 g/mol. The summed E-state index contributed by atoms with van der Waals surface area (Å²) in [6, 6.07) is 7.35. The van der Waals surface area contributed by atoms with E-state index >= 15 is 0 Å². The van der Waals surface area contributed by atoms with Crippen molar-refractivity contribution in [2.45, 2.75) is 31.2 Å². The summed E-state index contributed by atoms with van der Waals surface area (Å²) < 4.78 is 23.0. The molecule has 112 valence electrons. The molecule has 1 saturated heterocycles. The standard InChI is InChI=1S/C14H23N3O2S/c1-11(2)17-8-7-12(10-17)9-16-13-5-3-4-6-14(13)20(15,18)19/h3-6,11-12,16H,7-10H2,1-2H3,(H2,15,18,19). The van der Waals surface area contributed by atoms with Crippen LogP contribution in [0.5, 0.6) is 0 Å². The molecule has 0 aliphatic carbocycles. The maximum atomic E-state index is 11.5. The number of nitrogens with zero attached hydrogens (tertiary/aromatic N) is 1. The van der Waals surface area contributed by atoms with Gasteiger partial charge < -0.3 is 10.2 Å². The molecule has 1 aromatic carbocycles. The predicted octanol–water partition coefficient (Wildman–Crippen LogP) is 1.48. The van der Waals surface area contributed by atoms with Crippen molar-refractivity contribution in [3.8, 4) is 0 Å². The number of para-hydroxylation sites is 1. The zero-order valence-corrected chi connectivity index (χ0v) is 12.9. The summed E-state index contributed by atoms with van der Waals surface area (Å²) in [5.74, 6) is 0.547. The first-order valence-corrected chi connectivity index (χ1v) is 8.52. The Morgan fingerprint density at radius 1 is 1.40 bits per heavy atom. The lowest BCUT2D eigenvalue weighted by atomic mass is 10.1. The summed E-state index contributed by atoms with van der Waals surface area (Å²) in [6.07, 6.45) is 1.14. The van der Waals surface area contributed by atoms with Crippen LogP contribution in [0.1, 0.15) is 20.3 Å². The lowest BCUT2D eigenvalue weighted by Crippen LogP contribution is -2.29. The van der Waals surface area contributed by atoms with Crippen molar-refractivity contribution in [2.75, 3.05) is 25.0 Å². The zero-order valence-electron chi connectivity index (χ0n) is 12.0. The highest BCUT2D eigenvalue weighted by Crippen LogP contribution is 2.22. The highest BCUT2D eigenvalue weighted by atomic mass is 32.2. The number of benzene rings is 1. The van der Waals surface area contributed by atoms with E-state index < -0.39 is 10.0 Å². The molecule has 5 nitrogen and oxygen atoms in total. The number of hydrogen-bond acceptors (Lipinski definition) is 4. The topological polar surface area (TPSA) is 75.4 Å². The fourth-order valence-corrected chi connectivity index (χ4v) is 3.33. The fraction of sp³-hybridized carbons (Fsp3) is 0.571. The number of rotatable bonds is 5.